The Morgan fingerprint density at radius 1 is 0.625 bits per heavy atom. The topological polar surface area (TPSA) is 59.3 Å². The van der Waals surface area contributed by atoms with Gasteiger partial charge in [-0.25, -0.2) is 0 Å². The van der Waals surface area contributed by atoms with Crippen molar-refractivity contribution in [1.82, 2.24) is 9.13 Å². The van der Waals surface area contributed by atoms with Gasteiger partial charge < -0.3 is 9.13 Å². The number of hydrogen-bond donors (Lipinski definition) is 0. The highest BCUT2D eigenvalue weighted by Crippen LogP contribution is 2.16. The van der Waals surface area contributed by atoms with E-state index in [0.717, 1.165) is 31.8 Å². The van der Waals surface area contributed by atoms with Gasteiger partial charge in [0.15, 0.2) is 0 Å². The minimum Gasteiger partial charge on any atom is -0.318 e. The van der Waals surface area contributed by atoms with Gasteiger partial charge in [0.25, 0.3) is 0 Å². The average molecular weight is 457 g/mol. The van der Waals surface area contributed by atoms with Crippen molar-refractivity contribution in [2.45, 2.75) is 0 Å². The lowest BCUT2D eigenvalue weighted by Crippen LogP contribution is -2.09. The zero-order chi connectivity index (χ0) is 21.9. The molecule has 2 aromatic heterocycles. The molecule has 0 saturated carbocycles. The van der Waals surface area contributed by atoms with E-state index in [0.29, 0.717) is 0 Å². The molecule has 0 aliphatic heterocycles. The van der Waals surface area contributed by atoms with Gasteiger partial charge in [-0.2, -0.15) is 10.2 Å². The van der Waals surface area contributed by atoms with E-state index in [1.165, 1.54) is 9.40 Å². The summed E-state index contributed by atoms with van der Waals surface area (Å²) in [4.78, 5) is 1.71. The van der Waals surface area contributed by atoms with Gasteiger partial charge in [0.2, 0.25) is 9.60 Å². The van der Waals surface area contributed by atoms with Crippen molar-refractivity contribution in [3.8, 4) is 0 Å². The standard InChI is InChI=1S/C24H20N6S2/c1-29-19-10-3-5-12-21(19)31-23(29)27-25-15-17-8-7-9-18(14-17)16-26-28-24-30(2)20-11-4-6-13-22(20)32-24/h3-16H,1-2H3. The van der Waals surface area contributed by atoms with Crippen molar-refractivity contribution in [1.29, 1.82) is 0 Å². The number of aryl methyl sites for hydroxylation is 2. The Morgan fingerprint density at radius 3 is 1.56 bits per heavy atom. The van der Waals surface area contributed by atoms with Gasteiger partial charge in [0.05, 0.1) is 32.9 Å². The SMILES string of the molecule is Cn1c(=NN=Cc2cccc(C=NN=c3sc4ccccc4n3C)c2)sc2ccccc21. The highest BCUT2D eigenvalue weighted by atomic mass is 32.1. The van der Waals surface area contributed by atoms with E-state index in [2.05, 4.69) is 53.8 Å². The van der Waals surface area contributed by atoms with Crippen LogP contribution in [0.15, 0.2) is 93.2 Å². The molecule has 5 aromatic rings. The average Bonchev–Trinajstić information content (AvgIpc) is 3.31. The molecule has 8 heteroatoms. The fourth-order valence-electron chi connectivity index (χ4n) is 3.37. The van der Waals surface area contributed by atoms with E-state index in [1.54, 1.807) is 35.1 Å². The summed E-state index contributed by atoms with van der Waals surface area (Å²) in [5.41, 5.74) is 4.21. The normalized spacial score (nSPS) is 13.4. The van der Waals surface area contributed by atoms with Gasteiger partial charge in [-0.3, -0.25) is 0 Å². The third-order valence-electron chi connectivity index (χ3n) is 5.04. The lowest BCUT2D eigenvalue weighted by Gasteiger charge is -1.95. The molecule has 5 rings (SSSR count). The van der Waals surface area contributed by atoms with Gasteiger partial charge >= 0.3 is 0 Å². The second-order valence-electron chi connectivity index (χ2n) is 7.18. The third-order valence-corrected chi connectivity index (χ3v) is 7.25. The quantitative estimate of drug-likeness (QED) is 0.279. The fraction of sp³-hybridized carbons (Fsp3) is 0.0833. The Labute approximate surface area is 192 Å². The first-order valence-electron chi connectivity index (χ1n) is 10.0. The fourth-order valence-corrected chi connectivity index (χ4v) is 5.32. The van der Waals surface area contributed by atoms with Gasteiger partial charge in [-0.15, -0.1) is 10.2 Å². The molecule has 6 nitrogen and oxygen atoms in total. The predicted octanol–water partition coefficient (Wildman–Crippen LogP) is 4.66. The lowest BCUT2D eigenvalue weighted by molar-refractivity contribution is 0.889. The predicted molar refractivity (Wildman–Crippen MR) is 134 cm³/mol. The highest BCUT2D eigenvalue weighted by molar-refractivity contribution is 7.16. The molecule has 0 amide bonds. The number of fused-ring (bicyclic) bond motifs is 2. The highest BCUT2D eigenvalue weighted by Gasteiger charge is 2.01. The molecule has 0 fully saturated rings. The molecular formula is C24H20N6S2. The summed E-state index contributed by atoms with van der Waals surface area (Å²) in [6, 6.07) is 24.4. The zero-order valence-electron chi connectivity index (χ0n) is 17.6. The van der Waals surface area contributed by atoms with Crippen molar-refractivity contribution in [3.63, 3.8) is 0 Å². The van der Waals surface area contributed by atoms with Crippen molar-refractivity contribution >= 4 is 55.5 Å². The summed E-state index contributed by atoms with van der Waals surface area (Å²) < 4.78 is 6.49. The number of thiazole rings is 2. The van der Waals surface area contributed by atoms with Crippen LogP contribution in [0.25, 0.3) is 20.4 Å². The molecule has 2 heterocycles. The van der Waals surface area contributed by atoms with Crippen LogP contribution >= 0.6 is 22.7 Å². The monoisotopic (exact) mass is 456 g/mol. The van der Waals surface area contributed by atoms with Gasteiger partial charge in [0, 0.05) is 14.1 Å². The molecule has 0 aliphatic rings. The first-order valence-corrected chi connectivity index (χ1v) is 11.7. The summed E-state index contributed by atoms with van der Waals surface area (Å²) in [6.07, 6.45) is 3.51. The minimum absolute atomic E-state index is 0.857. The Balaban J connectivity index is 1.37. The molecule has 158 valence electrons. The molecule has 0 saturated heterocycles. The van der Waals surface area contributed by atoms with Crippen LogP contribution in [0.1, 0.15) is 11.1 Å². The third kappa shape index (κ3) is 4.10. The van der Waals surface area contributed by atoms with Crippen LogP contribution < -0.4 is 9.60 Å². The lowest BCUT2D eigenvalue weighted by atomic mass is 10.1. The summed E-state index contributed by atoms with van der Waals surface area (Å²) in [5, 5.41) is 17.4. The van der Waals surface area contributed by atoms with Gasteiger partial charge in [-0.05, 0) is 41.5 Å². The number of hydrogen-bond acceptors (Lipinski definition) is 6. The molecule has 0 N–H and O–H groups in total. The second kappa shape index (κ2) is 8.86. The van der Waals surface area contributed by atoms with E-state index in [1.807, 2.05) is 62.6 Å². The van der Waals surface area contributed by atoms with Crippen LogP contribution in [-0.2, 0) is 14.1 Å². The van der Waals surface area contributed by atoms with Gasteiger partial charge in [-0.1, -0.05) is 65.1 Å². The van der Waals surface area contributed by atoms with Crippen LogP contribution in [0.5, 0.6) is 0 Å². The maximum absolute atomic E-state index is 4.40. The molecule has 3 aromatic carbocycles. The summed E-state index contributed by atoms with van der Waals surface area (Å²) in [7, 11) is 4.01. The van der Waals surface area contributed by atoms with Crippen LogP contribution in [0, 0.1) is 0 Å². The van der Waals surface area contributed by atoms with Crippen molar-refractivity contribution < 1.29 is 0 Å². The second-order valence-corrected chi connectivity index (χ2v) is 9.20. The van der Waals surface area contributed by atoms with E-state index < -0.39 is 0 Å². The number of nitrogens with zero attached hydrogens (tertiary/aromatic N) is 6. The molecular weight excluding hydrogens is 436 g/mol. The van der Waals surface area contributed by atoms with Gasteiger partial charge in [0.1, 0.15) is 0 Å². The van der Waals surface area contributed by atoms with E-state index in [4.69, 9.17) is 0 Å². The Kier molecular flexibility index (Phi) is 5.62. The maximum Gasteiger partial charge on any atom is 0.211 e. The molecule has 0 aliphatic carbocycles. The van der Waals surface area contributed by atoms with Crippen LogP contribution in [-0.4, -0.2) is 21.6 Å². The molecule has 0 bridgehead atoms. The van der Waals surface area contributed by atoms with Crippen LogP contribution in [0.4, 0.5) is 0 Å². The smallest absolute Gasteiger partial charge is 0.211 e. The Hall–Kier alpha value is -3.62. The largest absolute Gasteiger partial charge is 0.318 e. The summed E-state index contributed by atoms with van der Waals surface area (Å²) >= 11 is 3.24. The Bertz CT molecular complexity index is 1490. The number of aromatic nitrogens is 2. The maximum atomic E-state index is 4.40. The first kappa shape index (κ1) is 20.3. The molecule has 0 spiro atoms. The van der Waals surface area contributed by atoms with E-state index in [-0.39, 0.29) is 0 Å². The van der Waals surface area contributed by atoms with Crippen molar-refractivity contribution in [2.24, 2.45) is 34.5 Å². The van der Waals surface area contributed by atoms with E-state index >= 15 is 0 Å². The van der Waals surface area contributed by atoms with E-state index in [9.17, 15) is 0 Å². The molecule has 0 atom stereocenters. The first-order chi connectivity index (χ1) is 15.7. The van der Waals surface area contributed by atoms with Crippen molar-refractivity contribution in [2.75, 3.05) is 0 Å². The summed E-state index contributed by atoms with van der Waals surface area (Å²) in [6.45, 7) is 0. The van der Waals surface area contributed by atoms with Crippen LogP contribution in [0.3, 0.4) is 0 Å². The molecule has 32 heavy (non-hydrogen) atoms. The van der Waals surface area contributed by atoms with Crippen molar-refractivity contribution in [3.05, 3.63) is 93.5 Å². The number of para-hydroxylation sites is 2. The van der Waals surface area contributed by atoms with Crippen LogP contribution in [0.2, 0.25) is 0 Å². The summed E-state index contributed by atoms with van der Waals surface area (Å²) in [5.74, 6) is 0. The Morgan fingerprint density at radius 2 is 1.09 bits per heavy atom. The number of benzene rings is 3. The zero-order valence-corrected chi connectivity index (χ0v) is 19.2. The molecule has 0 unspecified atom stereocenters. The number of rotatable bonds is 4. The molecule has 0 radical (unpaired) electrons. The minimum atomic E-state index is 0.857.